The summed E-state index contributed by atoms with van der Waals surface area (Å²) >= 11 is 0. The fourth-order valence-electron chi connectivity index (χ4n) is 8.62. The summed E-state index contributed by atoms with van der Waals surface area (Å²) in [5.74, 6) is 3.01. The molecular weight excluding hydrogens is 310 g/mol. The van der Waals surface area contributed by atoms with Gasteiger partial charge in [0.15, 0.2) is 0 Å². The van der Waals surface area contributed by atoms with E-state index >= 15 is 0 Å². The Bertz CT molecular complexity index is 671. The number of carbonyl (C=O) groups excluding carboxylic acids is 1. The van der Waals surface area contributed by atoms with Gasteiger partial charge in [0.25, 0.3) is 0 Å². The first kappa shape index (κ1) is 15.2. The number of nitrogens with zero attached hydrogens (tertiary/aromatic N) is 1. The molecule has 0 unspecified atom stereocenters. The van der Waals surface area contributed by atoms with Gasteiger partial charge in [0, 0.05) is 36.4 Å². The van der Waals surface area contributed by atoms with Gasteiger partial charge in [-0.2, -0.15) is 0 Å². The number of carbonyl (C=O) groups is 1. The topological polar surface area (TPSA) is 29.5 Å². The van der Waals surface area contributed by atoms with Crippen LogP contribution in [0.4, 0.5) is 0 Å². The fraction of sp³-hybridized carbons (Fsp3) is 0.864. The van der Waals surface area contributed by atoms with Crippen LogP contribution in [-0.2, 0) is 9.53 Å². The summed E-state index contributed by atoms with van der Waals surface area (Å²) in [7, 11) is 0. The molecule has 5 fully saturated rings. The second-order valence-electron chi connectivity index (χ2n) is 10.2. The van der Waals surface area contributed by atoms with Gasteiger partial charge >= 0.3 is 5.97 Å². The molecule has 3 aliphatic heterocycles. The van der Waals surface area contributed by atoms with Crippen molar-refractivity contribution in [2.24, 2.45) is 29.1 Å². The number of fused-ring (bicyclic) bond motifs is 5. The molecule has 0 N–H and O–H groups in total. The highest BCUT2D eigenvalue weighted by Gasteiger charge is 2.73. The van der Waals surface area contributed by atoms with Crippen molar-refractivity contribution >= 4 is 5.97 Å². The highest BCUT2D eigenvalue weighted by Crippen LogP contribution is 2.69. The number of esters is 1. The van der Waals surface area contributed by atoms with Crippen molar-refractivity contribution in [1.29, 1.82) is 0 Å². The van der Waals surface area contributed by atoms with Crippen LogP contribution < -0.4 is 0 Å². The van der Waals surface area contributed by atoms with Gasteiger partial charge in [0.1, 0.15) is 5.60 Å². The molecule has 0 amide bonds. The lowest BCUT2D eigenvalue weighted by molar-refractivity contribution is -0.242. The van der Waals surface area contributed by atoms with Crippen molar-refractivity contribution in [3.8, 4) is 0 Å². The maximum atomic E-state index is 12.4. The number of rotatable bonds is 0. The van der Waals surface area contributed by atoms with Crippen molar-refractivity contribution in [2.75, 3.05) is 6.54 Å². The number of ether oxygens (including phenoxy) is 1. The molecule has 1 spiro atoms. The minimum Gasteiger partial charge on any atom is -0.458 e. The summed E-state index contributed by atoms with van der Waals surface area (Å²) in [4.78, 5) is 15.3. The van der Waals surface area contributed by atoms with E-state index in [0.29, 0.717) is 24.4 Å². The summed E-state index contributed by atoms with van der Waals surface area (Å²) in [6.07, 6.45) is 12.1. The molecule has 3 nitrogen and oxygen atoms in total. The van der Waals surface area contributed by atoms with Crippen LogP contribution in [0.1, 0.15) is 65.2 Å². The molecule has 3 heteroatoms. The molecule has 3 heterocycles. The zero-order chi connectivity index (χ0) is 17.0. The normalized spacial score (nSPS) is 56.6. The molecule has 0 aromatic rings. The quantitative estimate of drug-likeness (QED) is 0.494. The first-order valence-corrected chi connectivity index (χ1v) is 10.7. The van der Waals surface area contributed by atoms with Gasteiger partial charge in [-0.3, -0.25) is 9.69 Å². The van der Waals surface area contributed by atoms with Crippen molar-refractivity contribution < 1.29 is 9.53 Å². The van der Waals surface area contributed by atoms with Crippen molar-refractivity contribution in [3.05, 3.63) is 11.6 Å². The van der Waals surface area contributed by atoms with Crippen molar-refractivity contribution in [1.82, 2.24) is 4.90 Å². The van der Waals surface area contributed by atoms with Crippen molar-refractivity contribution in [2.45, 2.75) is 82.9 Å². The largest absolute Gasteiger partial charge is 0.458 e. The predicted molar refractivity (Wildman–Crippen MR) is 95.9 cm³/mol. The van der Waals surface area contributed by atoms with E-state index in [9.17, 15) is 4.79 Å². The minimum absolute atomic E-state index is 0.0670. The van der Waals surface area contributed by atoms with Crippen LogP contribution in [0.15, 0.2) is 11.6 Å². The van der Waals surface area contributed by atoms with E-state index in [1.165, 1.54) is 45.1 Å². The minimum atomic E-state index is -0.235. The molecule has 3 aliphatic carbocycles. The summed E-state index contributed by atoms with van der Waals surface area (Å²) in [5, 5.41) is 0. The predicted octanol–water partition coefficient (Wildman–Crippen LogP) is 3.93. The summed E-state index contributed by atoms with van der Waals surface area (Å²) in [6, 6.07) is 1.21. The average molecular weight is 341 g/mol. The lowest BCUT2D eigenvalue weighted by Crippen LogP contribution is -2.73. The number of piperidine rings is 1. The van der Waals surface area contributed by atoms with Gasteiger partial charge in [-0.25, -0.2) is 0 Å². The molecule has 0 radical (unpaired) electrons. The van der Waals surface area contributed by atoms with Crippen LogP contribution in [0.5, 0.6) is 0 Å². The second-order valence-corrected chi connectivity index (χ2v) is 10.2. The third kappa shape index (κ3) is 1.62. The zero-order valence-corrected chi connectivity index (χ0v) is 15.7. The maximum Gasteiger partial charge on any atom is 0.306 e. The Kier molecular flexibility index (Phi) is 2.87. The van der Waals surface area contributed by atoms with Gasteiger partial charge in [0.05, 0.1) is 0 Å². The SMILES string of the molecule is C[C@@H]1CN2[C@H]3[C@@H]1CC[C@]31CCC(=O)O[C@@]1(C)[C@H]1CC[C@H]3CCC=C3[C@@H]12. The fourth-order valence-corrected chi connectivity index (χ4v) is 8.62. The highest BCUT2D eigenvalue weighted by molar-refractivity contribution is 5.71. The van der Waals surface area contributed by atoms with E-state index in [4.69, 9.17) is 4.74 Å². The molecule has 3 saturated heterocycles. The maximum absolute atomic E-state index is 12.4. The van der Waals surface area contributed by atoms with E-state index < -0.39 is 0 Å². The molecule has 2 saturated carbocycles. The summed E-state index contributed by atoms with van der Waals surface area (Å²) < 4.78 is 6.37. The van der Waals surface area contributed by atoms with E-state index in [1.54, 1.807) is 5.57 Å². The zero-order valence-electron chi connectivity index (χ0n) is 15.7. The van der Waals surface area contributed by atoms with Crippen LogP contribution in [0.3, 0.4) is 0 Å². The smallest absolute Gasteiger partial charge is 0.306 e. The molecular formula is C22H31NO2. The molecule has 0 bridgehead atoms. The Balaban J connectivity index is 1.54. The van der Waals surface area contributed by atoms with Gasteiger partial charge in [-0.1, -0.05) is 18.6 Å². The van der Waals surface area contributed by atoms with E-state index in [1.807, 2.05) is 0 Å². The number of allylic oxidation sites excluding steroid dienone is 1. The summed E-state index contributed by atoms with van der Waals surface area (Å²) in [6.45, 7) is 6.10. The Hall–Kier alpha value is -0.830. The Labute approximate surface area is 151 Å². The highest BCUT2D eigenvalue weighted by atomic mass is 16.6. The van der Waals surface area contributed by atoms with Crippen LogP contribution in [-0.4, -0.2) is 35.1 Å². The Morgan fingerprint density at radius 3 is 2.96 bits per heavy atom. The third-order valence-corrected chi connectivity index (χ3v) is 9.55. The third-order valence-electron chi connectivity index (χ3n) is 9.55. The van der Waals surface area contributed by atoms with Crippen LogP contribution in [0.25, 0.3) is 0 Å². The average Bonchev–Trinajstić information content (AvgIpc) is 3.27. The summed E-state index contributed by atoms with van der Waals surface area (Å²) in [5.41, 5.74) is 1.72. The Morgan fingerprint density at radius 1 is 1.20 bits per heavy atom. The molecule has 8 atom stereocenters. The lowest BCUT2D eigenvalue weighted by Gasteiger charge is -2.65. The molecule has 6 aliphatic rings. The molecule has 136 valence electrons. The second kappa shape index (κ2) is 4.71. The monoisotopic (exact) mass is 341 g/mol. The standard InChI is InChI=1S/C22H31NO2/c1-13-12-23-19-16-5-3-4-14(16)6-7-17(19)21(2)22(11-9-18(24)25-21)10-8-15(13)20(22)23/h5,13-15,17,19-20H,3-4,6-12H2,1-2H3/t13-,14-,15-,17+,19+,20+,21+,22+/m1/s1. The first-order chi connectivity index (χ1) is 12.1. The van der Waals surface area contributed by atoms with Crippen LogP contribution in [0, 0.1) is 29.1 Å². The van der Waals surface area contributed by atoms with Gasteiger partial charge < -0.3 is 4.74 Å². The Morgan fingerprint density at radius 2 is 2.08 bits per heavy atom. The van der Waals surface area contributed by atoms with E-state index in [0.717, 1.165) is 24.2 Å². The van der Waals surface area contributed by atoms with Crippen LogP contribution >= 0.6 is 0 Å². The van der Waals surface area contributed by atoms with Crippen LogP contribution in [0.2, 0.25) is 0 Å². The molecule has 6 rings (SSSR count). The molecule has 0 aromatic carbocycles. The van der Waals surface area contributed by atoms with Crippen molar-refractivity contribution in [3.63, 3.8) is 0 Å². The van der Waals surface area contributed by atoms with E-state index in [-0.39, 0.29) is 17.0 Å². The molecule has 0 aromatic heterocycles. The van der Waals surface area contributed by atoms with Gasteiger partial charge in [-0.15, -0.1) is 0 Å². The molecule has 25 heavy (non-hydrogen) atoms. The lowest BCUT2D eigenvalue weighted by atomic mass is 9.52. The van der Waals surface area contributed by atoms with Gasteiger partial charge in [-0.05, 0) is 69.6 Å². The number of hydrogen-bond donors (Lipinski definition) is 0. The van der Waals surface area contributed by atoms with E-state index in [2.05, 4.69) is 24.8 Å². The van der Waals surface area contributed by atoms with Gasteiger partial charge in [0.2, 0.25) is 0 Å². The number of hydrogen-bond acceptors (Lipinski definition) is 3. The first-order valence-electron chi connectivity index (χ1n) is 10.7.